The lowest BCUT2D eigenvalue weighted by Gasteiger charge is -2.33. The van der Waals surface area contributed by atoms with Gasteiger partial charge < -0.3 is 15.1 Å². The Bertz CT molecular complexity index is 358. The quantitative estimate of drug-likeness (QED) is 0.701. The zero-order valence-corrected chi connectivity index (χ0v) is 12.3. The molecule has 1 N–H and O–H groups in total. The minimum atomic E-state index is 0.0322. The first-order valence-electron chi connectivity index (χ1n) is 7.07. The summed E-state index contributed by atoms with van der Waals surface area (Å²) in [7, 11) is 0. The maximum Gasteiger partial charge on any atom is 0.237 e. The third kappa shape index (κ3) is 5.17. The number of nitrogens with one attached hydrogen (secondary N) is 1. The van der Waals surface area contributed by atoms with Gasteiger partial charge in [-0.1, -0.05) is 12.2 Å². The van der Waals surface area contributed by atoms with E-state index in [4.69, 9.17) is 0 Å². The highest BCUT2D eigenvalue weighted by Gasteiger charge is 2.22. The second-order valence-electron chi connectivity index (χ2n) is 5.06. The molecule has 0 radical (unpaired) electrons. The Morgan fingerprint density at radius 2 is 2.00 bits per heavy atom. The molecule has 1 heterocycles. The fourth-order valence-electron chi connectivity index (χ4n) is 2.36. The molecule has 5 heteroatoms. The van der Waals surface area contributed by atoms with Crippen LogP contribution in [0.3, 0.4) is 0 Å². The number of carbonyl (C=O) groups is 2. The molecule has 0 bridgehead atoms. The van der Waals surface area contributed by atoms with Crippen LogP contribution in [-0.4, -0.2) is 60.4 Å². The van der Waals surface area contributed by atoms with Gasteiger partial charge in [0.05, 0.1) is 6.54 Å². The maximum absolute atomic E-state index is 12.1. The number of nitrogens with zero attached hydrogens (tertiary/aromatic N) is 2. The van der Waals surface area contributed by atoms with Crippen molar-refractivity contribution < 1.29 is 9.59 Å². The summed E-state index contributed by atoms with van der Waals surface area (Å²) in [6.45, 7) is 11.7. The molecular weight excluding hydrogens is 254 g/mol. The number of piperidine rings is 1. The van der Waals surface area contributed by atoms with Crippen LogP contribution in [0, 0.1) is 0 Å². The van der Waals surface area contributed by atoms with Crippen molar-refractivity contribution in [2.75, 3.05) is 32.7 Å². The first-order chi connectivity index (χ1) is 9.58. The second-order valence-corrected chi connectivity index (χ2v) is 5.06. The van der Waals surface area contributed by atoms with E-state index >= 15 is 0 Å². The summed E-state index contributed by atoms with van der Waals surface area (Å²) < 4.78 is 0. The molecule has 2 amide bonds. The van der Waals surface area contributed by atoms with Gasteiger partial charge in [0.15, 0.2) is 0 Å². The largest absolute Gasteiger partial charge is 0.341 e. The highest BCUT2D eigenvalue weighted by atomic mass is 16.2. The third-order valence-electron chi connectivity index (χ3n) is 3.46. The summed E-state index contributed by atoms with van der Waals surface area (Å²) in [6, 6.07) is 0.200. The lowest BCUT2D eigenvalue weighted by atomic mass is 10.1. The van der Waals surface area contributed by atoms with Gasteiger partial charge in [-0.3, -0.25) is 9.59 Å². The van der Waals surface area contributed by atoms with E-state index in [0.29, 0.717) is 19.6 Å². The van der Waals surface area contributed by atoms with Crippen LogP contribution in [0.15, 0.2) is 25.3 Å². The van der Waals surface area contributed by atoms with Crippen LogP contribution in [0.5, 0.6) is 0 Å². The van der Waals surface area contributed by atoms with E-state index in [0.717, 1.165) is 19.4 Å². The van der Waals surface area contributed by atoms with Crippen molar-refractivity contribution >= 4 is 11.8 Å². The van der Waals surface area contributed by atoms with Crippen LogP contribution >= 0.6 is 0 Å². The zero-order chi connectivity index (χ0) is 15.0. The lowest BCUT2D eigenvalue weighted by Crippen LogP contribution is -2.50. The molecule has 0 aliphatic carbocycles. The van der Waals surface area contributed by atoms with Crippen molar-refractivity contribution in [3.05, 3.63) is 25.3 Å². The zero-order valence-electron chi connectivity index (χ0n) is 12.3. The van der Waals surface area contributed by atoms with E-state index in [1.807, 2.05) is 4.90 Å². The summed E-state index contributed by atoms with van der Waals surface area (Å²) in [5.41, 5.74) is 0. The molecule has 1 aliphatic rings. The van der Waals surface area contributed by atoms with Crippen LogP contribution in [-0.2, 0) is 9.59 Å². The highest BCUT2D eigenvalue weighted by molar-refractivity contribution is 5.78. The predicted molar refractivity (Wildman–Crippen MR) is 80.3 cm³/mol. The minimum Gasteiger partial charge on any atom is -0.341 e. The molecule has 5 nitrogen and oxygen atoms in total. The van der Waals surface area contributed by atoms with Gasteiger partial charge in [-0.15, -0.1) is 13.2 Å². The third-order valence-corrected chi connectivity index (χ3v) is 3.46. The summed E-state index contributed by atoms with van der Waals surface area (Å²) in [5.74, 6) is 0.132. The highest BCUT2D eigenvalue weighted by Crippen LogP contribution is 2.10. The first kappa shape index (κ1) is 16.4. The van der Waals surface area contributed by atoms with Crippen molar-refractivity contribution in [1.82, 2.24) is 15.1 Å². The topological polar surface area (TPSA) is 52.7 Å². The lowest BCUT2D eigenvalue weighted by molar-refractivity contribution is -0.130. The van der Waals surface area contributed by atoms with E-state index in [1.54, 1.807) is 24.0 Å². The number of hydrogen-bond acceptors (Lipinski definition) is 3. The molecule has 0 spiro atoms. The Hall–Kier alpha value is -1.62. The van der Waals surface area contributed by atoms with Gasteiger partial charge in [-0.05, 0) is 12.8 Å². The van der Waals surface area contributed by atoms with E-state index < -0.39 is 0 Å². The molecular formula is C15H25N3O2. The predicted octanol–water partition coefficient (Wildman–Crippen LogP) is 0.788. The Labute approximate surface area is 121 Å². The van der Waals surface area contributed by atoms with E-state index in [2.05, 4.69) is 18.5 Å². The molecule has 1 atom stereocenters. The van der Waals surface area contributed by atoms with Gasteiger partial charge in [0.2, 0.25) is 11.8 Å². The molecule has 0 aromatic rings. The Morgan fingerprint density at radius 1 is 1.35 bits per heavy atom. The molecule has 0 saturated carbocycles. The second kappa shape index (κ2) is 8.53. The maximum atomic E-state index is 12.1. The average Bonchev–Trinajstić information content (AvgIpc) is 2.45. The van der Waals surface area contributed by atoms with E-state index in [9.17, 15) is 9.59 Å². The number of rotatable bonds is 7. The molecule has 1 aliphatic heterocycles. The Morgan fingerprint density at radius 3 is 2.55 bits per heavy atom. The van der Waals surface area contributed by atoms with Crippen molar-refractivity contribution in [2.24, 2.45) is 0 Å². The Kier molecular flexibility index (Phi) is 7.01. The van der Waals surface area contributed by atoms with Crippen LogP contribution < -0.4 is 5.32 Å². The number of amides is 2. The monoisotopic (exact) mass is 279 g/mol. The van der Waals surface area contributed by atoms with E-state index in [-0.39, 0.29) is 24.4 Å². The summed E-state index contributed by atoms with van der Waals surface area (Å²) in [4.78, 5) is 27.0. The minimum absolute atomic E-state index is 0.0322. The molecule has 112 valence electrons. The average molecular weight is 279 g/mol. The number of likely N-dealkylation sites (tertiary alicyclic amines) is 1. The van der Waals surface area contributed by atoms with Crippen LogP contribution in [0.1, 0.15) is 19.8 Å². The first-order valence-corrected chi connectivity index (χ1v) is 7.07. The van der Waals surface area contributed by atoms with Crippen molar-refractivity contribution in [3.63, 3.8) is 0 Å². The molecule has 1 saturated heterocycles. The van der Waals surface area contributed by atoms with Crippen molar-refractivity contribution in [3.8, 4) is 0 Å². The molecule has 0 aromatic heterocycles. The summed E-state index contributed by atoms with van der Waals surface area (Å²) in [6.07, 6.45) is 5.40. The van der Waals surface area contributed by atoms with Crippen molar-refractivity contribution in [2.45, 2.75) is 25.8 Å². The fraction of sp³-hybridized carbons (Fsp3) is 0.600. The Balaban J connectivity index is 2.40. The summed E-state index contributed by atoms with van der Waals surface area (Å²) in [5, 5.41) is 3.25. The van der Waals surface area contributed by atoms with Crippen LogP contribution in [0.2, 0.25) is 0 Å². The molecule has 1 rings (SSSR count). The molecule has 0 aromatic carbocycles. The standard InChI is InChI=1S/C15H25N3O2/c1-4-8-17(9-5-2)15(20)11-16-14-7-6-10-18(12-14)13(3)19/h4-5,14,16H,1-2,6-12H2,3H3/t14-/m1/s1. The fourth-order valence-corrected chi connectivity index (χ4v) is 2.36. The van der Waals surface area contributed by atoms with Gasteiger partial charge in [-0.25, -0.2) is 0 Å². The molecule has 20 heavy (non-hydrogen) atoms. The van der Waals surface area contributed by atoms with Gasteiger partial charge in [-0.2, -0.15) is 0 Å². The summed E-state index contributed by atoms with van der Waals surface area (Å²) >= 11 is 0. The number of carbonyl (C=O) groups excluding carboxylic acids is 2. The van der Waals surface area contributed by atoms with E-state index in [1.165, 1.54) is 0 Å². The van der Waals surface area contributed by atoms with Gasteiger partial charge in [0, 0.05) is 39.1 Å². The van der Waals surface area contributed by atoms with Gasteiger partial charge in [0.25, 0.3) is 0 Å². The van der Waals surface area contributed by atoms with Gasteiger partial charge in [0.1, 0.15) is 0 Å². The van der Waals surface area contributed by atoms with Crippen LogP contribution in [0.25, 0.3) is 0 Å². The normalized spacial score (nSPS) is 18.4. The molecule has 1 fully saturated rings. The van der Waals surface area contributed by atoms with Crippen LogP contribution in [0.4, 0.5) is 0 Å². The SMILES string of the molecule is C=CCN(CC=C)C(=O)CN[C@@H]1CCCN(C(C)=O)C1. The van der Waals surface area contributed by atoms with Gasteiger partial charge >= 0.3 is 0 Å². The van der Waals surface area contributed by atoms with Crippen molar-refractivity contribution in [1.29, 1.82) is 0 Å². The molecule has 0 unspecified atom stereocenters. The number of hydrogen-bond donors (Lipinski definition) is 1. The smallest absolute Gasteiger partial charge is 0.237 e.